The van der Waals surface area contributed by atoms with Gasteiger partial charge in [-0.3, -0.25) is 4.90 Å². The van der Waals surface area contributed by atoms with Crippen molar-refractivity contribution in [1.29, 1.82) is 0 Å². The minimum atomic E-state index is 0.729. The summed E-state index contributed by atoms with van der Waals surface area (Å²) in [6, 6.07) is 1.58. The standard InChI is InChI=1S/C15H31N3/c1-13(2)11-17-9-6-15(7-10-17)18-8-4-5-14(12-18)16-3/h13-16H,4-12H2,1-3H3. The summed E-state index contributed by atoms with van der Waals surface area (Å²) >= 11 is 0. The molecule has 2 heterocycles. The Hall–Kier alpha value is -0.120. The predicted octanol–water partition coefficient (Wildman–Crippen LogP) is 1.79. The van der Waals surface area contributed by atoms with Crippen LogP contribution in [-0.4, -0.2) is 61.7 Å². The number of nitrogens with zero attached hydrogens (tertiary/aromatic N) is 2. The van der Waals surface area contributed by atoms with Gasteiger partial charge in [0.15, 0.2) is 0 Å². The Kier molecular flexibility index (Phi) is 5.46. The van der Waals surface area contributed by atoms with Crippen LogP contribution in [0.3, 0.4) is 0 Å². The molecule has 0 aromatic carbocycles. The molecule has 2 aliphatic rings. The maximum absolute atomic E-state index is 3.46. The molecule has 3 nitrogen and oxygen atoms in total. The van der Waals surface area contributed by atoms with Gasteiger partial charge in [0.05, 0.1) is 0 Å². The molecule has 0 aromatic rings. The Morgan fingerprint density at radius 3 is 2.44 bits per heavy atom. The number of hydrogen-bond donors (Lipinski definition) is 1. The molecule has 0 radical (unpaired) electrons. The van der Waals surface area contributed by atoms with Crippen molar-refractivity contribution in [2.45, 2.75) is 51.6 Å². The van der Waals surface area contributed by atoms with E-state index in [0.717, 1.165) is 18.0 Å². The lowest BCUT2D eigenvalue weighted by atomic mass is 9.97. The zero-order valence-corrected chi connectivity index (χ0v) is 12.5. The number of likely N-dealkylation sites (tertiary alicyclic amines) is 2. The molecular formula is C15H31N3. The summed E-state index contributed by atoms with van der Waals surface area (Å²) < 4.78 is 0. The molecular weight excluding hydrogens is 222 g/mol. The summed E-state index contributed by atoms with van der Waals surface area (Å²) in [5.41, 5.74) is 0. The molecule has 1 atom stereocenters. The Labute approximate surface area is 113 Å². The highest BCUT2D eigenvalue weighted by Crippen LogP contribution is 2.21. The van der Waals surface area contributed by atoms with Crippen molar-refractivity contribution in [3.63, 3.8) is 0 Å². The Morgan fingerprint density at radius 1 is 1.11 bits per heavy atom. The third kappa shape index (κ3) is 3.94. The van der Waals surface area contributed by atoms with E-state index in [1.165, 1.54) is 58.4 Å². The minimum Gasteiger partial charge on any atom is -0.316 e. The largest absolute Gasteiger partial charge is 0.316 e. The van der Waals surface area contributed by atoms with Gasteiger partial charge in [-0.1, -0.05) is 13.8 Å². The van der Waals surface area contributed by atoms with Crippen molar-refractivity contribution in [3.8, 4) is 0 Å². The van der Waals surface area contributed by atoms with Crippen molar-refractivity contribution in [1.82, 2.24) is 15.1 Å². The van der Waals surface area contributed by atoms with E-state index in [0.29, 0.717) is 0 Å². The minimum absolute atomic E-state index is 0.729. The van der Waals surface area contributed by atoms with Crippen LogP contribution in [0.1, 0.15) is 39.5 Å². The molecule has 106 valence electrons. The number of piperidine rings is 2. The van der Waals surface area contributed by atoms with Crippen LogP contribution in [0.5, 0.6) is 0 Å². The van der Waals surface area contributed by atoms with Crippen molar-refractivity contribution in [3.05, 3.63) is 0 Å². The Morgan fingerprint density at radius 2 is 1.83 bits per heavy atom. The first-order chi connectivity index (χ1) is 8.69. The zero-order valence-electron chi connectivity index (χ0n) is 12.5. The van der Waals surface area contributed by atoms with Crippen LogP contribution in [-0.2, 0) is 0 Å². The summed E-state index contributed by atoms with van der Waals surface area (Å²) in [5.74, 6) is 0.810. The number of nitrogens with one attached hydrogen (secondary N) is 1. The Bertz CT molecular complexity index is 234. The van der Waals surface area contributed by atoms with Gasteiger partial charge in [0.1, 0.15) is 0 Å². The zero-order chi connectivity index (χ0) is 13.0. The summed E-state index contributed by atoms with van der Waals surface area (Å²) in [7, 11) is 2.11. The first kappa shape index (κ1) is 14.3. The maximum atomic E-state index is 3.46. The number of likely N-dealkylation sites (N-methyl/N-ethyl adjacent to an activating group) is 1. The van der Waals surface area contributed by atoms with Crippen LogP contribution in [0.4, 0.5) is 0 Å². The molecule has 0 spiro atoms. The van der Waals surface area contributed by atoms with E-state index < -0.39 is 0 Å². The second kappa shape index (κ2) is 6.88. The van der Waals surface area contributed by atoms with Crippen LogP contribution >= 0.6 is 0 Å². The van der Waals surface area contributed by atoms with Gasteiger partial charge in [0, 0.05) is 25.2 Å². The molecule has 0 aromatic heterocycles. The quantitative estimate of drug-likeness (QED) is 0.824. The molecule has 2 saturated heterocycles. The molecule has 2 fully saturated rings. The second-order valence-corrected chi connectivity index (χ2v) is 6.55. The van der Waals surface area contributed by atoms with E-state index in [4.69, 9.17) is 0 Å². The van der Waals surface area contributed by atoms with E-state index in [1.54, 1.807) is 0 Å². The topological polar surface area (TPSA) is 18.5 Å². The second-order valence-electron chi connectivity index (χ2n) is 6.55. The highest BCUT2D eigenvalue weighted by molar-refractivity contribution is 4.85. The molecule has 0 amide bonds. The van der Waals surface area contributed by atoms with E-state index >= 15 is 0 Å². The van der Waals surface area contributed by atoms with Crippen LogP contribution in [0.15, 0.2) is 0 Å². The lowest BCUT2D eigenvalue weighted by Gasteiger charge is -2.42. The predicted molar refractivity (Wildman–Crippen MR) is 78.0 cm³/mol. The lowest BCUT2D eigenvalue weighted by Crippen LogP contribution is -2.52. The van der Waals surface area contributed by atoms with Gasteiger partial charge < -0.3 is 10.2 Å². The van der Waals surface area contributed by atoms with E-state index in [2.05, 4.69) is 36.0 Å². The normalized spacial score (nSPS) is 29.0. The van der Waals surface area contributed by atoms with Gasteiger partial charge in [-0.2, -0.15) is 0 Å². The van der Waals surface area contributed by atoms with Gasteiger partial charge in [-0.05, 0) is 58.3 Å². The summed E-state index contributed by atoms with van der Waals surface area (Å²) in [6.07, 6.45) is 5.49. The van der Waals surface area contributed by atoms with E-state index in [-0.39, 0.29) is 0 Å². The van der Waals surface area contributed by atoms with Crippen LogP contribution in [0.25, 0.3) is 0 Å². The molecule has 0 saturated carbocycles. The average Bonchev–Trinajstić information content (AvgIpc) is 2.39. The third-order valence-corrected chi connectivity index (χ3v) is 4.56. The summed E-state index contributed by atoms with van der Waals surface area (Å²) in [4.78, 5) is 5.40. The average molecular weight is 253 g/mol. The monoisotopic (exact) mass is 253 g/mol. The first-order valence-electron chi connectivity index (χ1n) is 7.82. The van der Waals surface area contributed by atoms with Crippen LogP contribution in [0.2, 0.25) is 0 Å². The molecule has 3 heteroatoms. The molecule has 18 heavy (non-hydrogen) atoms. The van der Waals surface area contributed by atoms with Crippen LogP contribution in [0, 0.1) is 5.92 Å². The van der Waals surface area contributed by atoms with Gasteiger partial charge in [0.25, 0.3) is 0 Å². The number of hydrogen-bond acceptors (Lipinski definition) is 3. The fraction of sp³-hybridized carbons (Fsp3) is 1.00. The fourth-order valence-corrected chi connectivity index (χ4v) is 3.56. The summed E-state index contributed by atoms with van der Waals surface area (Å²) in [6.45, 7) is 11.2. The smallest absolute Gasteiger partial charge is 0.0192 e. The van der Waals surface area contributed by atoms with E-state index in [9.17, 15) is 0 Å². The van der Waals surface area contributed by atoms with Gasteiger partial charge >= 0.3 is 0 Å². The van der Waals surface area contributed by atoms with Crippen molar-refractivity contribution in [2.75, 3.05) is 39.8 Å². The Balaban J connectivity index is 1.75. The van der Waals surface area contributed by atoms with Gasteiger partial charge in [-0.15, -0.1) is 0 Å². The van der Waals surface area contributed by atoms with Crippen LogP contribution < -0.4 is 5.32 Å². The highest BCUT2D eigenvalue weighted by atomic mass is 15.2. The molecule has 2 rings (SSSR count). The van der Waals surface area contributed by atoms with E-state index in [1.807, 2.05) is 0 Å². The molecule has 1 unspecified atom stereocenters. The van der Waals surface area contributed by atoms with Crippen molar-refractivity contribution >= 4 is 0 Å². The van der Waals surface area contributed by atoms with Gasteiger partial charge in [0.2, 0.25) is 0 Å². The fourth-order valence-electron chi connectivity index (χ4n) is 3.56. The maximum Gasteiger partial charge on any atom is 0.0192 e. The summed E-state index contributed by atoms with van der Waals surface area (Å²) in [5, 5.41) is 3.46. The third-order valence-electron chi connectivity index (χ3n) is 4.56. The first-order valence-corrected chi connectivity index (χ1v) is 7.82. The van der Waals surface area contributed by atoms with Crippen molar-refractivity contribution < 1.29 is 0 Å². The SMILES string of the molecule is CNC1CCCN(C2CCN(CC(C)C)CC2)C1. The molecule has 1 N–H and O–H groups in total. The van der Waals surface area contributed by atoms with Crippen molar-refractivity contribution in [2.24, 2.45) is 5.92 Å². The molecule has 0 aliphatic carbocycles. The highest BCUT2D eigenvalue weighted by Gasteiger charge is 2.28. The molecule has 2 aliphatic heterocycles. The lowest BCUT2D eigenvalue weighted by molar-refractivity contribution is 0.0771. The van der Waals surface area contributed by atoms with Gasteiger partial charge in [-0.25, -0.2) is 0 Å². The number of rotatable bonds is 4. The molecule has 0 bridgehead atoms.